The third-order valence-electron chi connectivity index (χ3n) is 5.06. The Morgan fingerprint density at radius 2 is 2.00 bits per heavy atom. The summed E-state index contributed by atoms with van der Waals surface area (Å²) in [5.41, 5.74) is -1.07. The first-order valence-electron chi connectivity index (χ1n) is 8.60. The lowest BCUT2D eigenvalue weighted by atomic mass is 9.89. The number of carbonyl (C=O) groups is 1. The molecule has 3 rings (SSSR count). The fourth-order valence-electron chi connectivity index (χ4n) is 3.59. The number of hydrogen-bond acceptors (Lipinski definition) is 3. The number of halogens is 5. The zero-order chi connectivity index (χ0) is 20.6. The highest BCUT2D eigenvalue weighted by Crippen LogP contribution is 2.47. The number of allylic oxidation sites excluding steroid dienone is 5. The normalized spacial score (nSPS) is 29.4. The number of carbonyl (C=O) groups excluding carboxylic acids is 1. The van der Waals surface area contributed by atoms with Crippen molar-refractivity contribution in [3.8, 4) is 6.07 Å². The minimum Gasteiger partial charge on any atom is -0.327 e. The van der Waals surface area contributed by atoms with Crippen molar-refractivity contribution in [1.82, 2.24) is 4.90 Å². The van der Waals surface area contributed by atoms with E-state index in [1.807, 2.05) is 0 Å². The SMILES string of the molecule is N#CC1C=CC(C2C(C3CC=C(F)C=C3F)N2C(=O)CC(=N)C(F)(F)F)=CC1. The molecule has 0 bridgehead atoms. The molecule has 0 aromatic carbocycles. The minimum atomic E-state index is -4.91. The van der Waals surface area contributed by atoms with E-state index in [0.29, 0.717) is 18.1 Å². The Morgan fingerprint density at radius 3 is 2.54 bits per heavy atom. The first-order chi connectivity index (χ1) is 13.1. The van der Waals surface area contributed by atoms with Gasteiger partial charge in [-0.05, 0) is 24.5 Å². The molecule has 0 aromatic rings. The van der Waals surface area contributed by atoms with Gasteiger partial charge in [0.15, 0.2) is 0 Å². The molecule has 1 aliphatic heterocycles. The summed E-state index contributed by atoms with van der Waals surface area (Å²) < 4.78 is 65.4. The number of hydrogen-bond donors (Lipinski definition) is 1. The van der Waals surface area contributed by atoms with Gasteiger partial charge in [-0.15, -0.1) is 0 Å². The summed E-state index contributed by atoms with van der Waals surface area (Å²) in [6.07, 6.45) is 1.11. The second kappa shape index (κ2) is 7.34. The molecule has 1 fully saturated rings. The summed E-state index contributed by atoms with van der Waals surface area (Å²) in [7, 11) is 0. The Kier molecular flexibility index (Phi) is 5.24. The topological polar surface area (TPSA) is 67.7 Å². The molecular weight excluding hydrogens is 381 g/mol. The lowest BCUT2D eigenvalue weighted by Gasteiger charge is -2.16. The number of nitrogens with zero attached hydrogens (tertiary/aromatic N) is 2. The Balaban J connectivity index is 1.82. The van der Waals surface area contributed by atoms with Crippen molar-refractivity contribution in [1.29, 1.82) is 10.7 Å². The number of alkyl halides is 3. The van der Waals surface area contributed by atoms with Crippen molar-refractivity contribution in [3.05, 3.63) is 47.6 Å². The van der Waals surface area contributed by atoms with E-state index in [0.717, 1.165) is 4.90 Å². The molecule has 1 heterocycles. The van der Waals surface area contributed by atoms with E-state index in [-0.39, 0.29) is 12.3 Å². The molecule has 1 amide bonds. The van der Waals surface area contributed by atoms with Gasteiger partial charge >= 0.3 is 6.18 Å². The van der Waals surface area contributed by atoms with E-state index in [1.54, 1.807) is 18.2 Å². The lowest BCUT2D eigenvalue weighted by Crippen LogP contribution is -2.29. The van der Waals surface area contributed by atoms with Crippen LogP contribution in [0.5, 0.6) is 0 Å². The van der Waals surface area contributed by atoms with Crippen LogP contribution in [0.25, 0.3) is 0 Å². The lowest BCUT2D eigenvalue weighted by molar-refractivity contribution is -0.126. The van der Waals surface area contributed by atoms with E-state index >= 15 is 0 Å². The fourth-order valence-corrected chi connectivity index (χ4v) is 3.59. The number of rotatable bonds is 4. The molecule has 4 nitrogen and oxygen atoms in total. The minimum absolute atomic E-state index is 0.0202. The predicted molar refractivity (Wildman–Crippen MR) is 90.3 cm³/mol. The molecule has 0 aromatic heterocycles. The highest BCUT2D eigenvalue weighted by atomic mass is 19.4. The van der Waals surface area contributed by atoms with Gasteiger partial charge in [-0.1, -0.05) is 18.2 Å². The number of amides is 1. The summed E-state index contributed by atoms with van der Waals surface area (Å²) in [4.78, 5) is 13.5. The van der Waals surface area contributed by atoms with Crippen molar-refractivity contribution in [2.24, 2.45) is 11.8 Å². The Bertz CT molecular complexity index is 862. The third-order valence-corrected chi connectivity index (χ3v) is 5.06. The number of nitrogens with one attached hydrogen (secondary N) is 1. The summed E-state index contributed by atoms with van der Waals surface area (Å²) in [6.45, 7) is 0. The van der Waals surface area contributed by atoms with Crippen molar-refractivity contribution >= 4 is 11.6 Å². The average Bonchev–Trinajstić information content (AvgIpc) is 3.36. The molecular formula is C19H16F5N3O. The van der Waals surface area contributed by atoms with Crippen LogP contribution in [0.3, 0.4) is 0 Å². The van der Waals surface area contributed by atoms with Crippen molar-refractivity contribution < 1.29 is 26.7 Å². The van der Waals surface area contributed by atoms with E-state index in [4.69, 9.17) is 10.7 Å². The van der Waals surface area contributed by atoms with Gasteiger partial charge in [-0.2, -0.15) is 18.4 Å². The van der Waals surface area contributed by atoms with Crippen molar-refractivity contribution in [3.63, 3.8) is 0 Å². The van der Waals surface area contributed by atoms with Gasteiger partial charge in [0.1, 0.15) is 17.4 Å². The molecule has 1 N–H and O–H groups in total. The zero-order valence-corrected chi connectivity index (χ0v) is 14.5. The van der Waals surface area contributed by atoms with Gasteiger partial charge in [-0.3, -0.25) is 4.79 Å². The quantitative estimate of drug-likeness (QED) is 0.437. The molecule has 4 atom stereocenters. The molecule has 1 saturated heterocycles. The van der Waals surface area contributed by atoms with Crippen LogP contribution in [0, 0.1) is 28.6 Å². The third kappa shape index (κ3) is 3.91. The van der Waals surface area contributed by atoms with Crippen LogP contribution >= 0.6 is 0 Å². The summed E-state index contributed by atoms with van der Waals surface area (Å²) in [6, 6.07) is 0.639. The molecule has 9 heteroatoms. The van der Waals surface area contributed by atoms with Crippen LogP contribution in [0.1, 0.15) is 19.3 Å². The standard InChI is InChI=1S/C19H16F5N3O/c20-12-5-6-13(14(21)7-12)18-17(11-3-1-10(9-25)2-4-11)27(18)16(28)8-15(26)19(22,23)24/h1,3-5,7,10,13,17-18,26H,2,6,8H2. The molecule has 0 radical (unpaired) electrons. The van der Waals surface area contributed by atoms with Crippen LogP contribution in [0.15, 0.2) is 47.6 Å². The molecule has 2 aliphatic carbocycles. The van der Waals surface area contributed by atoms with Crippen molar-refractivity contribution in [2.45, 2.75) is 37.5 Å². The van der Waals surface area contributed by atoms with Gasteiger partial charge in [0.05, 0.1) is 30.5 Å². The molecule has 0 saturated carbocycles. The molecule has 28 heavy (non-hydrogen) atoms. The maximum Gasteiger partial charge on any atom is 0.429 e. The van der Waals surface area contributed by atoms with E-state index in [9.17, 15) is 26.7 Å². The van der Waals surface area contributed by atoms with E-state index in [1.165, 1.54) is 6.08 Å². The smallest absolute Gasteiger partial charge is 0.327 e. The van der Waals surface area contributed by atoms with Gasteiger partial charge in [0, 0.05) is 12.0 Å². The Labute approximate surface area is 157 Å². The molecule has 4 unspecified atom stereocenters. The molecule has 0 spiro atoms. The zero-order valence-electron chi connectivity index (χ0n) is 14.5. The molecule has 148 valence electrons. The van der Waals surface area contributed by atoms with Gasteiger partial charge < -0.3 is 10.3 Å². The Morgan fingerprint density at radius 1 is 1.29 bits per heavy atom. The van der Waals surface area contributed by atoms with E-state index in [2.05, 4.69) is 6.07 Å². The second-order valence-corrected chi connectivity index (χ2v) is 6.88. The summed E-state index contributed by atoms with van der Waals surface area (Å²) >= 11 is 0. The number of nitriles is 1. The first kappa shape index (κ1) is 20.0. The summed E-state index contributed by atoms with van der Waals surface area (Å²) in [5.74, 6) is -3.65. The van der Waals surface area contributed by atoms with E-state index < -0.39 is 53.9 Å². The van der Waals surface area contributed by atoms with Crippen molar-refractivity contribution in [2.75, 3.05) is 0 Å². The highest BCUT2D eigenvalue weighted by molar-refractivity contribution is 6.03. The maximum absolute atomic E-state index is 14.3. The average molecular weight is 397 g/mol. The van der Waals surface area contributed by atoms with Gasteiger partial charge in [0.25, 0.3) is 0 Å². The monoisotopic (exact) mass is 397 g/mol. The first-order valence-corrected chi connectivity index (χ1v) is 8.60. The summed E-state index contributed by atoms with van der Waals surface area (Å²) in [5, 5.41) is 16.0. The van der Waals surface area contributed by atoms with Crippen LogP contribution < -0.4 is 0 Å². The Hall–Kier alpha value is -2.76. The predicted octanol–water partition coefficient (Wildman–Crippen LogP) is 4.29. The van der Waals surface area contributed by atoms with Crippen LogP contribution in [0.2, 0.25) is 0 Å². The molecule has 3 aliphatic rings. The maximum atomic E-state index is 14.3. The fraction of sp³-hybridized carbons (Fsp3) is 0.421. The van der Waals surface area contributed by atoms with Crippen LogP contribution in [0.4, 0.5) is 22.0 Å². The van der Waals surface area contributed by atoms with Crippen LogP contribution in [-0.2, 0) is 4.79 Å². The van der Waals surface area contributed by atoms with Gasteiger partial charge in [0.2, 0.25) is 5.91 Å². The van der Waals surface area contributed by atoms with Crippen LogP contribution in [-0.4, -0.2) is 34.8 Å². The highest BCUT2D eigenvalue weighted by Gasteiger charge is 2.57. The largest absolute Gasteiger partial charge is 0.429 e. The second-order valence-electron chi connectivity index (χ2n) is 6.88. The van der Waals surface area contributed by atoms with Gasteiger partial charge in [-0.25, -0.2) is 8.78 Å².